The van der Waals surface area contributed by atoms with E-state index in [9.17, 15) is 0 Å². The lowest BCUT2D eigenvalue weighted by Crippen LogP contribution is -2.57. The molecule has 1 saturated heterocycles. The summed E-state index contributed by atoms with van der Waals surface area (Å²) in [5.74, 6) is 1.02. The number of hydrogen-bond acceptors (Lipinski definition) is 4. The summed E-state index contributed by atoms with van der Waals surface area (Å²) in [6, 6.07) is 8.06. The third-order valence-corrected chi connectivity index (χ3v) is 3.59. The maximum Gasteiger partial charge on any atom is 0.150 e. The Labute approximate surface area is 113 Å². The molecular formula is C15H20N4. The molecule has 0 aliphatic carbocycles. The second-order valence-corrected chi connectivity index (χ2v) is 5.85. The molecule has 100 valence electrons. The zero-order chi connectivity index (χ0) is 13.5. The molecule has 1 fully saturated rings. The molecule has 2 heterocycles. The molecule has 2 aromatic rings. The van der Waals surface area contributed by atoms with Crippen molar-refractivity contribution in [3.63, 3.8) is 0 Å². The lowest BCUT2D eigenvalue weighted by molar-refractivity contribution is 0.351. The molecular weight excluding hydrogens is 236 g/mol. The Hall–Kier alpha value is -1.68. The minimum absolute atomic E-state index is 0.123. The van der Waals surface area contributed by atoms with E-state index in [0.29, 0.717) is 0 Å². The summed E-state index contributed by atoms with van der Waals surface area (Å²) in [4.78, 5) is 11.8. The van der Waals surface area contributed by atoms with Gasteiger partial charge >= 0.3 is 0 Å². The highest BCUT2D eigenvalue weighted by Gasteiger charge is 2.27. The van der Waals surface area contributed by atoms with E-state index in [-0.39, 0.29) is 5.54 Å². The average Bonchev–Trinajstić information content (AvgIpc) is 2.36. The van der Waals surface area contributed by atoms with Crippen LogP contribution >= 0.6 is 0 Å². The van der Waals surface area contributed by atoms with E-state index in [1.54, 1.807) is 0 Å². The molecule has 0 spiro atoms. The Morgan fingerprint density at radius 3 is 2.53 bits per heavy atom. The molecule has 3 rings (SSSR count). The molecule has 1 N–H and O–H groups in total. The number of benzene rings is 1. The first kappa shape index (κ1) is 12.4. The quantitative estimate of drug-likeness (QED) is 0.848. The molecule has 1 aliphatic heterocycles. The summed E-state index contributed by atoms with van der Waals surface area (Å²) in [7, 11) is 0. The first-order valence-electron chi connectivity index (χ1n) is 6.78. The van der Waals surface area contributed by atoms with Crippen molar-refractivity contribution >= 4 is 16.9 Å². The fourth-order valence-electron chi connectivity index (χ4n) is 2.70. The highest BCUT2D eigenvalue weighted by Crippen LogP contribution is 2.23. The molecule has 0 saturated carbocycles. The minimum Gasteiger partial charge on any atom is -0.352 e. The Bertz CT molecular complexity index is 606. The number of hydrogen-bond donors (Lipinski definition) is 1. The predicted octanol–water partition coefficient (Wildman–Crippen LogP) is 2.13. The van der Waals surface area contributed by atoms with Crippen molar-refractivity contribution in [2.45, 2.75) is 26.3 Å². The van der Waals surface area contributed by atoms with Crippen molar-refractivity contribution in [2.24, 2.45) is 0 Å². The number of nitrogens with one attached hydrogen (secondary N) is 1. The highest BCUT2D eigenvalue weighted by atomic mass is 15.3. The number of aryl methyl sites for hydroxylation is 1. The lowest BCUT2D eigenvalue weighted by Gasteiger charge is -2.40. The first-order valence-corrected chi connectivity index (χ1v) is 6.78. The zero-order valence-electron chi connectivity index (χ0n) is 11.8. The van der Waals surface area contributed by atoms with E-state index in [1.807, 2.05) is 31.2 Å². The van der Waals surface area contributed by atoms with Crippen LogP contribution in [-0.4, -0.2) is 35.1 Å². The fraction of sp³-hybridized carbons (Fsp3) is 0.467. The van der Waals surface area contributed by atoms with Crippen LogP contribution in [0.3, 0.4) is 0 Å². The molecule has 0 bridgehead atoms. The third-order valence-electron chi connectivity index (χ3n) is 3.59. The Balaban J connectivity index is 2.02. The van der Waals surface area contributed by atoms with Crippen LogP contribution < -0.4 is 10.2 Å². The lowest BCUT2D eigenvalue weighted by atomic mass is 10.0. The van der Waals surface area contributed by atoms with Crippen molar-refractivity contribution in [1.82, 2.24) is 15.3 Å². The zero-order valence-corrected chi connectivity index (χ0v) is 11.8. The van der Waals surface area contributed by atoms with Crippen LogP contribution in [0.1, 0.15) is 19.5 Å². The standard InChI is InChI=1S/C15H20N4/c1-11-14(19-9-8-16-15(2,3)10-19)18-13-7-5-4-6-12(13)17-11/h4-7,16H,8-10H2,1-3H3. The van der Waals surface area contributed by atoms with Gasteiger partial charge in [-0.3, -0.25) is 0 Å². The number of para-hydroxylation sites is 2. The van der Waals surface area contributed by atoms with Gasteiger partial charge in [-0.25, -0.2) is 9.97 Å². The second-order valence-electron chi connectivity index (χ2n) is 5.85. The molecule has 1 aromatic heterocycles. The second kappa shape index (κ2) is 4.46. The van der Waals surface area contributed by atoms with Crippen LogP contribution in [0, 0.1) is 6.92 Å². The van der Waals surface area contributed by atoms with Gasteiger partial charge in [-0.2, -0.15) is 0 Å². The Kier molecular flexibility index (Phi) is 2.90. The van der Waals surface area contributed by atoms with Crippen LogP contribution in [-0.2, 0) is 0 Å². The van der Waals surface area contributed by atoms with Crippen LogP contribution in [0.4, 0.5) is 5.82 Å². The van der Waals surface area contributed by atoms with Gasteiger partial charge < -0.3 is 10.2 Å². The van der Waals surface area contributed by atoms with E-state index in [2.05, 4.69) is 29.0 Å². The number of aromatic nitrogens is 2. The highest BCUT2D eigenvalue weighted by molar-refractivity contribution is 5.76. The SMILES string of the molecule is Cc1nc2ccccc2nc1N1CCNC(C)(C)C1. The average molecular weight is 256 g/mol. The summed E-state index contributed by atoms with van der Waals surface area (Å²) in [6.07, 6.45) is 0. The van der Waals surface area contributed by atoms with Gasteiger partial charge in [-0.15, -0.1) is 0 Å². The number of anilines is 1. The van der Waals surface area contributed by atoms with Gasteiger partial charge in [0.15, 0.2) is 5.82 Å². The molecule has 0 unspecified atom stereocenters. The molecule has 1 aromatic carbocycles. The van der Waals surface area contributed by atoms with E-state index in [0.717, 1.165) is 42.2 Å². The monoisotopic (exact) mass is 256 g/mol. The van der Waals surface area contributed by atoms with Crippen LogP contribution in [0.15, 0.2) is 24.3 Å². The molecule has 0 amide bonds. The molecule has 4 nitrogen and oxygen atoms in total. The Morgan fingerprint density at radius 1 is 1.16 bits per heavy atom. The van der Waals surface area contributed by atoms with Crippen molar-refractivity contribution in [3.05, 3.63) is 30.0 Å². The number of rotatable bonds is 1. The van der Waals surface area contributed by atoms with E-state index in [4.69, 9.17) is 4.98 Å². The van der Waals surface area contributed by atoms with Gasteiger partial charge in [-0.05, 0) is 32.9 Å². The number of piperazine rings is 1. The smallest absolute Gasteiger partial charge is 0.150 e. The van der Waals surface area contributed by atoms with E-state index in [1.165, 1.54) is 0 Å². The summed E-state index contributed by atoms with van der Waals surface area (Å²) >= 11 is 0. The van der Waals surface area contributed by atoms with Crippen molar-refractivity contribution < 1.29 is 0 Å². The van der Waals surface area contributed by atoms with Crippen molar-refractivity contribution in [1.29, 1.82) is 0 Å². The maximum absolute atomic E-state index is 4.80. The summed E-state index contributed by atoms with van der Waals surface area (Å²) in [6.45, 7) is 9.43. The molecule has 19 heavy (non-hydrogen) atoms. The van der Waals surface area contributed by atoms with Crippen molar-refractivity contribution in [3.8, 4) is 0 Å². The van der Waals surface area contributed by atoms with Gasteiger partial charge in [0.2, 0.25) is 0 Å². The van der Waals surface area contributed by atoms with Gasteiger partial charge in [0.1, 0.15) is 0 Å². The summed E-state index contributed by atoms with van der Waals surface area (Å²) in [5, 5.41) is 3.52. The third kappa shape index (κ3) is 2.40. The van der Waals surface area contributed by atoms with E-state index >= 15 is 0 Å². The first-order chi connectivity index (χ1) is 9.05. The molecule has 4 heteroatoms. The fourth-order valence-corrected chi connectivity index (χ4v) is 2.70. The predicted molar refractivity (Wildman–Crippen MR) is 78.6 cm³/mol. The molecule has 0 atom stereocenters. The Morgan fingerprint density at radius 2 is 1.84 bits per heavy atom. The topological polar surface area (TPSA) is 41.1 Å². The molecule has 1 aliphatic rings. The summed E-state index contributed by atoms with van der Waals surface area (Å²) in [5.41, 5.74) is 3.08. The van der Waals surface area contributed by atoms with Gasteiger partial charge in [-0.1, -0.05) is 12.1 Å². The van der Waals surface area contributed by atoms with Gasteiger partial charge in [0.05, 0.1) is 16.7 Å². The number of nitrogens with zero attached hydrogens (tertiary/aromatic N) is 3. The maximum atomic E-state index is 4.80. The summed E-state index contributed by atoms with van der Waals surface area (Å²) < 4.78 is 0. The largest absolute Gasteiger partial charge is 0.352 e. The van der Waals surface area contributed by atoms with Crippen molar-refractivity contribution in [2.75, 3.05) is 24.5 Å². The van der Waals surface area contributed by atoms with Gasteiger partial charge in [0.25, 0.3) is 0 Å². The molecule has 0 radical (unpaired) electrons. The van der Waals surface area contributed by atoms with Crippen LogP contribution in [0.25, 0.3) is 11.0 Å². The van der Waals surface area contributed by atoms with E-state index < -0.39 is 0 Å². The van der Waals surface area contributed by atoms with Crippen LogP contribution in [0.2, 0.25) is 0 Å². The number of fused-ring (bicyclic) bond motifs is 1. The van der Waals surface area contributed by atoms with Gasteiger partial charge in [0, 0.05) is 25.2 Å². The van der Waals surface area contributed by atoms with Crippen LogP contribution in [0.5, 0.6) is 0 Å². The minimum atomic E-state index is 0.123. The normalized spacial score (nSPS) is 18.8.